The SMILES string of the molecule is C=C1CN(C(=O)CS)CC(=C)O1. The van der Waals surface area contributed by atoms with Crippen LogP contribution in [-0.4, -0.2) is 29.6 Å². The Morgan fingerprint density at radius 3 is 2.42 bits per heavy atom. The standard InChI is InChI=1S/C8H11NO2S/c1-6-3-9(8(10)5-12)4-7(2)11-6/h12H,1-5H2. The van der Waals surface area contributed by atoms with Crippen LogP contribution in [0.4, 0.5) is 0 Å². The lowest BCUT2D eigenvalue weighted by molar-refractivity contribution is -0.129. The lowest BCUT2D eigenvalue weighted by Crippen LogP contribution is -2.39. The average molecular weight is 185 g/mol. The fourth-order valence-electron chi connectivity index (χ4n) is 1.03. The molecule has 0 aromatic rings. The van der Waals surface area contributed by atoms with Crippen LogP contribution < -0.4 is 0 Å². The van der Waals surface area contributed by atoms with Crippen LogP contribution in [0.1, 0.15) is 0 Å². The van der Waals surface area contributed by atoms with Crippen LogP contribution in [0.5, 0.6) is 0 Å². The minimum absolute atomic E-state index is 0.0241. The molecule has 1 heterocycles. The highest BCUT2D eigenvalue weighted by Crippen LogP contribution is 2.14. The quantitative estimate of drug-likeness (QED) is 0.612. The summed E-state index contributed by atoms with van der Waals surface area (Å²) in [5.41, 5.74) is 0. The maximum absolute atomic E-state index is 11.2. The Bertz CT molecular complexity index is 221. The lowest BCUT2D eigenvalue weighted by Gasteiger charge is -2.29. The second-order valence-corrected chi connectivity index (χ2v) is 2.90. The van der Waals surface area contributed by atoms with Gasteiger partial charge in [0.05, 0.1) is 18.8 Å². The molecule has 0 radical (unpaired) electrons. The van der Waals surface area contributed by atoms with Crippen molar-refractivity contribution in [2.75, 3.05) is 18.8 Å². The summed E-state index contributed by atoms with van der Waals surface area (Å²) in [4.78, 5) is 12.8. The number of amides is 1. The van der Waals surface area contributed by atoms with Crippen LogP contribution in [0.3, 0.4) is 0 Å². The van der Waals surface area contributed by atoms with Crippen molar-refractivity contribution in [3.8, 4) is 0 Å². The topological polar surface area (TPSA) is 29.5 Å². The normalized spacial score (nSPS) is 17.6. The van der Waals surface area contributed by atoms with Crippen molar-refractivity contribution in [2.24, 2.45) is 0 Å². The van der Waals surface area contributed by atoms with Gasteiger partial charge in [0, 0.05) is 0 Å². The zero-order valence-corrected chi connectivity index (χ0v) is 7.64. The number of hydrogen-bond acceptors (Lipinski definition) is 3. The molecular weight excluding hydrogens is 174 g/mol. The van der Waals surface area contributed by atoms with E-state index in [1.807, 2.05) is 0 Å². The van der Waals surface area contributed by atoms with E-state index < -0.39 is 0 Å². The molecular formula is C8H11NO2S. The Labute approximate surface area is 77.1 Å². The van der Waals surface area contributed by atoms with Gasteiger partial charge in [0.1, 0.15) is 11.5 Å². The van der Waals surface area contributed by atoms with Gasteiger partial charge < -0.3 is 9.64 Å². The molecule has 12 heavy (non-hydrogen) atoms. The van der Waals surface area contributed by atoms with Gasteiger partial charge in [-0.1, -0.05) is 13.2 Å². The van der Waals surface area contributed by atoms with Gasteiger partial charge in [-0.2, -0.15) is 12.6 Å². The molecule has 0 aliphatic carbocycles. The molecule has 4 heteroatoms. The zero-order valence-electron chi connectivity index (χ0n) is 6.75. The van der Waals surface area contributed by atoms with Gasteiger partial charge in [-0.25, -0.2) is 0 Å². The Morgan fingerprint density at radius 1 is 1.50 bits per heavy atom. The number of thiol groups is 1. The molecule has 3 nitrogen and oxygen atoms in total. The lowest BCUT2D eigenvalue weighted by atomic mass is 10.3. The third-order valence-electron chi connectivity index (χ3n) is 1.51. The first kappa shape index (κ1) is 9.19. The summed E-state index contributed by atoms with van der Waals surface area (Å²) in [6.45, 7) is 8.15. The molecule has 1 saturated heterocycles. The van der Waals surface area contributed by atoms with Crippen molar-refractivity contribution in [1.82, 2.24) is 4.90 Å². The highest BCUT2D eigenvalue weighted by Gasteiger charge is 2.20. The molecule has 0 saturated carbocycles. The van der Waals surface area contributed by atoms with E-state index in [4.69, 9.17) is 4.74 Å². The predicted octanol–water partition coefficient (Wildman–Crippen LogP) is 0.802. The number of carbonyl (C=O) groups is 1. The summed E-state index contributed by atoms with van der Waals surface area (Å²) >= 11 is 3.89. The maximum Gasteiger partial charge on any atom is 0.233 e. The Hall–Kier alpha value is -0.900. The molecule has 66 valence electrons. The minimum Gasteiger partial charge on any atom is -0.464 e. The zero-order chi connectivity index (χ0) is 9.14. The highest BCUT2D eigenvalue weighted by molar-refractivity contribution is 7.81. The molecule has 0 unspecified atom stereocenters. The summed E-state index contributed by atoms with van der Waals surface area (Å²) in [6.07, 6.45) is 0. The molecule has 0 aromatic carbocycles. The summed E-state index contributed by atoms with van der Waals surface area (Å²) in [6, 6.07) is 0. The second kappa shape index (κ2) is 3.67. The van der Waals surface area contributed by atoms with Gasteiger partial charge in [-0.15, -0.1) is 0 Å². The van der Waals surface area contributed by atoms with Crippen molar-refractivity contribution >= 4 is 18.5 Å². The molecule has 0 spiro atoms. The summed E-state index contributed by atoms with van der Waals surface area (Å²) in [7, 11) is 0. The largest absolute Gasteiger partial charge is 0.464 e. The number of carbonyl (C=O) groups excluding carboxylic acids is 1. The Kier molecular flexibility index (Phi) is 2.81. The number of rotatable bonds is 1. The van der Waals surface area contributed by atoms with E-state index in [1.54, 1.807) is 4.90 Å². The minimum atomic E-state index is -0.0241. The van der Waals surface area contributed by atoms with E-state index in [0.29, 0.717) is 24.6 Å². The van der Waals surface area contributed by atoms with Crippen molar-refractivity contribution in [2.45, 2.75) is 0 Å². The Balaban J connectivity index is 2.61. The van der Waals surface area contributed by atoms with E-state index in [1.165, 1.54) is 0 Å². The third-order valence-corrected chi connectivity index (χ3v) is 1.78. The van der Waals surface area contributed by atoms with Crippen LogP contribution in [0.2, 0.25) is 0 Å². The molecule has 0 aromatic heterocycles. The van der Waals surface area contributed by atoms with Gasteiger partial charge in [0.25, 0.3) is 0 Å². The van der Waals surface area contributed by atoms with E-state index >= 15 is 0 Å². The monoisotopic (exact) mass is 185 g/mol. The third kappa shape index (κ3) is 2.04. The maximum atomic E-state index is 11.2. The number of hydrogen-bond donors (Lipinski definition) is 1. The van der Waals surface area contributed by atoms with Gasteiger partial charge in [0.15, 0.2) is 0 Å². The number of morpholine rings is 1. The van der Waals surface area contributed by atoms with Crippen LogP contribution in [-0.2, 0) is 9.53 Å². The highest BCUT2D eigenvalue weighted by atomic mass is 32.1. The van der Waals surface area contributed by atoms with Crippen LogP contribution in [0, 0.1) is 0 Å². The molecule has 0 bridgehead atoms. The van der Waals surface area contributed by atoms with Crippen molar-refractivity contribution in [3.05, 3.63) is 24.7 Å². The van der Waals surface area contributed by atoms with Gasteiger partial charge in [0.2, 0.25) is 5.91 Å². The van der Waals surface area contributed by atoms with E-state index in [-0.39, 0.29) is 11.7 Å². The first-order valence-corrected chi connectivity index (χ1v) is 4.18. The van der Waals surface area contributed by atoms with Crippen LogP contribution >= 0.6 is 12.6 Å². The summed E-state index contributed by atoms with van der Waals surface area (Å²) in [5.74, 6) is 1.30. The van der Waals surface area contributed by atoms with E-state index in [2.05, 4.69) is 25.8 Å². The molecule has 1 fully saturated rings. The second-order valence-electron chi connectivity index (χ2n) is 2.59. The van der Waals surface area contributed by atoms with Crippen LogP contribution in [0.15, 0.2) is 24.7 Å². The molecule has 1 aliphatic heterocycles. The molecule has 1 aliphatic rings. The van der Waals surface area contributed by atoms with Crippen molar-refractivity contribution in [3.63, 3.8) is 0 Å². The summed E-state index contributed by atoms with van der Waals surface area (Å²) in [5, 5.41) is 0. The predicted molar refractivity (Wildman–Crippen MR) is 49.8 cm³/mol. The summed E-state index contributed by atoms with van der Waals surface area (Å²) < 4.78 is 5.10. The fourth-order valence-corrected chi connectivity index (χ4v) is 1.23. The van der Waals surface area contributed by atoms with Gasteiger partial charge in [-0.05, 0) is 0 Å². The molecule has 1 amide bonds. The van der Waals surface area contributed by atoms with E-state index in [0.717, 1.165) is 0 Å². The first-order chi connectivity index (χ1) is 5.63. The fraction of sp³-hybridized carbons (Fsp3) is 0.375. The average Bonchev–Trinajstić information content (AvgIpc) is 2.01. The van der Waals surface area contributed by atoms with Crippen LogP contribution in [0.25, 0.3) is 0 Å². The first-order valence-electron chi connectivity index (χ1n) is 3.55. The smallest absolute Gasteiger partial charge is 0.233 e. The molecule has 0 atom stereocenters. The van der Waals surface area contributed by atoms with Gasteiger partial charge in [-0.3, -0.25) is 4.79 Å². The molecule has 1 rings (SSSR count). The van der Waals surface area contributed by atoms with Crippen molar-refractivity contribution < 1.29 is 9.53 Å². The molecule has 0 N–H and O–H groups in total. The van der Waals surface area contributed by atoms with E-state index in [9.17, 15) is 4.79 Å². The number of ether oxygens (including phenoxy) is 1. The Morgan fingerprint density at radius 2 is 2.00 bits per heavy atom. The number of nitrogens with zero attached hydrogens (tertiary/aromatic N) is 1. The van der Waals surface area contributed by atoms with Crippen molar-refractivity contribution in [1.29, 1.82) is 0 Å². The van der Waals surface area contributed by atoms with Gasteiger partial charge >= 0.3 is 0 Å².